The van der Waals surface area contributed by atoms with Gasteiger partial charge in [-0.1, -0.05) is 48.5 Å². The monoisotopic (exact) mass is 345 g/mol. The summed E-state index contributed by atoms with van der Waals surface area (Å²) < 4.78 is 2.59. The van der Waals surface area contributed by atoms with Gasteiger partial charge < -0.3 is 4.90 Å². The molecule has 3 aliphatic rings. The number of para-hydroxylation sites is 1. The number of fused-ring (bicyclic) bond motifs is 3. The smallest absolute Gasteiger partial charge is 0.156 e. The van der Waals surface area contributed by atoms with Gasteiger partial charge >= 0.3 is 0 Å². The van der Waals surface area contributed by atoms with Crippen molar-refractivity contribution in [2.24, 2.45) is 17.8 Å². The molecule has 2 aromatic carbocycles. The molecule has 26 heavy (non-hydrogen) atoms. The summed E-state index contributed by atoms with van der Waals surface area (Å²) >= 11 is 0. The highest BCUT2D eigenvalue weighted by Crippen LogP contribution is 2.49. The van der Waals surface area contributed by atoms with Crippen molar-refractivity contribution in [3.63, 3.8) is 0 Å². The van der Waals surface area contributed by atoms with Crippen molar-refractivity contribution in [2.75, 3.05) is 31.6 Å². The molecule has 4 atom stereocenters. The van der Waals surface area contributed by atoms with Crippen molar-refractivity contribution in [2.45, 2.75) is 25.2 Å². The summed E-state index contributed by atoms with van der Waals surface area (Å²) in [6.45, 7) is 3.68. The molecule has 1 saturated carbocycles. The van der Waals surface area contributed by atoms with Crippen molar-refractivity contribution < 1.29 is 4.58 Å². The van der Waals surface area contributed by atoms with Gasteiger partial charge in [0, 0.05) is 37.5 Å². The molecular formula is C24H29N2+. The summed E-state index contributed by atoms with van der Waals surface area (Å²) in [7, 11) is 2.33. The van der Waals surface area contributed by atoms with Gasteiger partial charge in [0.2, 0.25) is 0 Å². The Morgan fingerprint density at radius 3 is 2.23 bits per heavy atom. The van der Waals surface area contributed by atoms with Crippen LogP contribution in [0.5, 0.6) is 0 Å². The van der Waals surface area contributed by atoms with Crippen LogP contribution in [0.25, 0.3) is 0 Å². The van der Waals surface area contributed by atoms with Gasteiger partial charge in [0.1, 0.15) is 13.6 Å². The Labute approximate surface area is 157 Å². The summed E-state index contributed by atoms with van der Waals surface area (Å²) in [4.78, 5) is 2.66. The highest BCUT2D eigenvalue weighted by molar-refractivity contribution is 5.85. The van der Waals surface area contributed by atoms with E-state index in [1.165, 1.54) is 44.6 Å². The quantitative estimate of drug-likeness (QED) is 0.730. The maximum atomic E-state index is 2.66. The fraction of sp³-hybridized carbons (Fsp3) is 0.458. The van der Waals surface area contributed by atoms with Gasteiger partial charge in [0.25, 0.3) is 0 Å². The Morgan fingerprint density at radius 2 is 1.50 bits per heavy atom. The molecular weight excluding hydrogens is 316 g/mol. The first-order valence-electron chi connectivity index (χ1n) is 10.2. The van der Waals surface area contributed by atoms with E-state index in [-0.39, 0.29) is 0 Å². The zero-order valence-corrected chi connectivity index (χ0v) is 15.7. The molecule has 0 radical (unpaired) electrons. The van der Waals surface area contributed by atoms with E-state index < -0.39 is 0 Å². The third-order valence-corrected chi connectivity index (χ3v) is 7.15. The molecule has 134 valence electrons. The SMILES string of the molecule is C[N+]1=C2CC(c3ccccc3)C3CN(c4ccccc4)CC3C2CCC1. The van der Waals surface area contributed by atoms with Crippen LogP contribution in [-0.2, 0) is 0 Å². The Bertz CT molecular complexity index is 795. The Balaban J connectivity index is 1.53. The van der Waals surface area contributed by atoms with Crippen LogP contribution >= 0.6 is 0 Å². The molecule has 0 aromatic heterocycles. The van der Waals surface area contributed by atoms with Crippen molar-refractivity contribution in [1.29, 1.82) is 0 Å². The molecule has 5 rings (SSSR count). The maximum Gasteiger partial charge on any atom is 0.156 e. The number of anilines is 1. The summed E-state index contributed by atoms with van der Waals surface area (Å²) in [6.07, 6.45) is 4.01. The highest BCUT2D eigenvalue weighted by atomic mass is 15.2. The maximum absolute atomic E-state index is 2.66. The van der Waals surface area contributed by atoms with Crippen LogP contribution in [0.15, 0.2) is 60.7 Å². The van der Waals surface area contributed by atoms with Crippen molar-refractivity contribution in [3.05, 3.63) is 66.2 Å². The average Bonchev–Trinajstić information content (AvgIpc) is 3.15. The fourth-order valence-electron chi connectivity index (χ4n) is 5.91. The molecule has 2 fully saturated rings. The lowest BCUT2D eigenvalue weighted by Gasteiger charge is -2.40. The standard InChI is InChI=1S/C24H29N2/c1-25-14-8-13-20-22-16-26(19-11-6-3-7-12-19)17-23(22)21(15-24(20)25)18-9-4-2-5-10-18/h2-7,9-12,20-23H,8,13-17H2,1H3/q+1. The lowest BCUT2D eigenvalue weighted by molar-refractivity contribution is -0.507. The van der Waals surface area contributed by atoms with E-state index in [0.29, 0.717) is 5.92 Å². The normalized spacial score (nSPS) is 30.9. The Kier molecular flexibility index (Phi) is 4.07. The van der Waals surface area contributed by atoms with Gasteiger partial charge in [0.15, 0.2) is 5.71 Å². The highest BCUT2D eigenvalue weighted by Gasteiger charge is 2.51. The van der Waals surface area contributed by atoms with Gasteiger partial charge in [0.05, 0.1) is 0 Å². The lowest BCUT2D eigenvalue weighted by atomic mass is 9.63. The predicted molar refractivity (Wildman–Crippen MR) is 108 cm³/mol. The molecule has 0 amide bonds. The third kappa shape index (κ3) is 2.67. The third-order valence-electron chi connectivity index (χ3n) is 7.15. The molecule has 0 bridgehead atoms. The van der Waals surface area contributed by atoms with E-state index in [4.69, 9.17) is 0 Å². The van der Waals surface area contributed by atoms with Gasteiger partial charge in [-0.15, -0.1) is 0 Å². The summed E-state index contributed by atoms with van der Waals surface area (Å²) in [5.74, 6) is 3.04. The predicted octanol–water partition coefficient (Wildman–Crippen LogP) is 4.42. The van der Waals surface area contributed by atoms with Gasteiger partial charge in [-0.3, -0.25) is 0 Å². The number of hydrogen-bond acceptors (Lipinski definition) is 1. The number of nitrogens with zero attached hydrogens (tertiary/aromatic N) is 2. The van der Waals surface area contributed by atoms with E-state index in [1.54, 1.807) is 11.3 Å². The minimum Gasteiger partial charge on any atom is -0.371 e. The molecule has 1 aliphatic carbocycles. The molecule has 1 saturated heterocycles. The van der Waals surface area contributed by atoms with Gasteiger partial charge in [-0.25, -0.2) is 4.58 Å². The Hall–Kier alpha value is -2.09. The topological polar surface area (TPSA) is 6.25 Å². The fourth-order valence-corrected chi connectivity index (χ4v) is 5.91. The molecule has 2 heteroatoms. The molecule has 4 unspecified atom stereocenters. The van der Waals surface area contributed by atoms with Crippen molar-refractivity contribution in [3.8, 4) is 0 Å². The van der Waals surface area contributed by atoms with Crippen LogP contribution in [0, 0.1) is 17.8 Å². The van der Waals surface area contributed by atoms with Crippen LogP contribution in [0.1, 0.15) is 30.7 Å². The molecule has 2 heterocycles. The van der Waals surface area contributed by atoms with E-state index in [2.05, 4.69) is 77.2 Å². The first-order chi connectivity index (χ1) is 12.8. The largest absolute Gasteiger partial charge is 0.371 e. The minimum absolute atomic E-state index is 0.668. The summed E-state index contributed by atoms with van der Waals surface area (Å²) in [5.41, 5.74) is 4.68. The second kappa shape index (κ2) is 6.57. The average molecular weight is 346 g/mol. The number of hydrogen-bond donors (Lipinski definition) is 0. The molecule has 0 spiro atoms. The van der Waals surface area contributed by atoms with E-state index in [0.717, 1.165) is 17.8 Å². The summed E-state index contributed by atoms with van der Waals surface area (Å²) in [6, 6.07) is 22.4. The van der Waals surface area contributed by atoms with Crippen molar-refractivity contribution in [1.82, 2.24) is 0 Å². The van der Waals surface area contributed by atoms with Crippen LogP contribution in [0.2, 0.25) is 0 Å². The van der Waals surface area contributed by atoms with Crippen LogP contribution < -0.4 is 4.90 Å². The van der Waals surface area contributed by atoms with E-state index in [1.807, 2.05) is 0 Å². The van der Waals surface area contributed by atoms with Crippen LogP contribution in [0.3, 0.4) is 0 Å². The molecule has 2 nitrogen and oxygen atoms in total. The second-order valence-corrected chi connectivity index (χ2v) is 8.45. The summed E-state index contributed by atoms with van der Waals surface area (Å²) in [5, 5.41) is 0. The molecule has 0 N–H and O–H groups in total. The van der Waals surface area contributed by atoms with Gasteiger partial charge in [-0.05, 0) is 41.9 Å². The van der Waals surface area contributed by atoms with E-state index in [9.17, 15) is 0 Å². The van der Waals surface area contributed by atoms with E-state index >= 15 is 0 Å². The first kappa shape index (κ1) is 16.1. The molecule has 2 aliphatic heterocycles. The number of benzene rings is 2. The van der Waals surface area contributed by atoms with Crippen LogP contribution in [0.4, 0.5) is 5.69 Å². The first-order valence-corrected chi connectivity index (χ1v) is 10.2. The van der Waals surface area contributed by atoms with Crippen molar-refractivity contribution >= 4 is 11.4 Å². The lowest BCUT2D eigenvalue weighted by Crippen LogP contribution is -2.45. The number of rotatable bonds is 2. The van der Waals surface area contributed by atoms with Crippen LogP contribution in [-0.4, -0.2) is 37.0 Å². The Morgan fingerprint density at radius 1 is 0.846 bits per heavy atom. The zero-order chi connectivity index (χ0) is 17.5. The second-order valence-electron chi connectivity index (χ2n) is 8.45. The van der Waals surface area contributed by atoms with Gasteiger partial charge in [-0.2, -0.15) is 0 Å². The zero-order valence-electron chi connectivity index (χ0n) is 15.7. The molecule has 2 aromatic rings. The minimum atomic E-state index is 0.668.